The van der Waals surface area contributed by atoms with Crippen molar-refractivity contribution in [2.75, 3.05) is 58.3 Å². The van der Waals surface area contributed by atoms with Crippen molar-refractivity contribution in [2.45, 2.75) is 18.9 Å². The zero-order valence-corrected chi connectivity index (χ0v) is 15.3. The molecule has 0 N–H and O–H groups in total. The Hall–Kier alpha value is -2.37. The van der Waals surface area contributed by atoms with E-state index in [4.69, 9.17) is 4.74 Å². The lowest BCUT2D eigenvalue weighted by molar-refractivity contribution is -0.385. The zero-order valence-electron chi connectivity index (χ0n) is 15.3. The molecule has 0 aliphatic carbocycles. The zero-order chi connectivity index (χ0) is 18.7. The van der Waals surface area contributed by atoms with E-state index in [1.165, 1.54) is 13.2 Å². The molecule has 1 aromatic rings. The van der Waals surface area contributed by atoms with Crippen LogP contribution in [-0.2, 0) is 0 Å². The first-order chi connectivity index (χ1) is 12.5. The maximum atomic E-state index is 11.2. The van der Waals surface area contributed by atoms with Crippen LogP contribution < -0.4 is 9.64 Å². The van der Waals surface area contributed by atoms with Gasteiger partial charge in [0.1, 0.15) is 17.4 Å². The molecule has 140 valence electrons. The smallest absolute Gasteiger partial charge is 0.290 e. The summed E-state index contributed by atoms with van der Waals surface area (Å²) in [4.78, 5) is 17.7. The molecule has 0 bridgehead atoms. The van der Waals surface area contributed by atoms with Crippen LogP contribution in [0.5, 0.6) is 5.75 Å². The van der Waals surface area contributed by atoms with E-state index in [1.807, 2.05) is 6.07 Å². The fourth-order valence-electron chi connectivity index (χ4n) is 3.87. The number of likely N-dealkylation sites (N-methyl/N-ethyl adjacent to an activating group) is 1. The van der Waals surface area contributed by atoms with Crippen molar-refractivity contribution in [2.24, 2.45) is 0 Å². The van der Waals surface area contributed by atoms with Gasteiger partial charge in [-0.05, 0) is 26.0 Å². The lowest BCUT2D eigenvalue weighted by atomic mass is 10.0. The number of nitriles is 1. The van der Waals surface area contributed by atoms with Gasteiger partial charge in [0.2, 0.25) is 0 Å². The summed E-state index contributed by atoms with van der Waals surface area (Å²) < 4.78 is 5.37. The second-order valence-electron chi connectivity index (χ2n) is 6.97. The Labute approximate surface area is 153 Å². The molecule has 2 heterocycles. The summed E-state index contributed by atoms with van der Waals surface area (Å²) >= 11 is 0. The van der Waals surface area contributed by atoms with Gasteiger partial charge in [-0.2, -0.15) is 5.26 Å². The van der Waals surface area contributed by atoms with Crippen molar-refractivity contribution in [1.29, 1.82) is 5.26 Å². The van der Waals surface area contributed by atoms with Gasteiger partial charge < -0.3 is 14.5 Å². The topological polar surface area (TPSA) is 85.9 Å². The van der Waals surface area contributed by atoms with Crippen LogP contribution in [-0.4, -0.2) is 74.2 Å². The number of piperidine rings is 1. The van der Waals surface area contributed by atoms with Crippen LogP contribution in [0.4, 0.5) is 11.4 Å². The van der Waals surface area contributed by atoms with Crippen LogP contribution in [0.25, 0.3) is 0 Å². The maximum absolute atomic E-state index is 11.2. The summed E-state index contributed by atoms with van der Waals surface area (Å²) in [7, 11) is 3.67. The predicted octanol–water partition coefficient (Wildman–Crippen LogP) is 1.69. The summed E-state index contributed by atoms with van der Waals surface area (Å²) in [6.45, 7) is 6.16. The first-order valence-corrected chi connectivity index (χ1v) is 8.97. The first-order valence-electron chi connectivity index (χ1n) is 8.97. The molecule has 8 heteroatoms. The molecule has 2 saturated heterocycles. The summed E-state index contributed by atoms with van der Waals surface area (Å²) in [5, 5.41) is 20.4. The normalized spacial score (nSPS) is 20.0. The van der Waals surface area contributed by atoms with Crippen LogP contribution in [0.15, 0.2) is 12.1 Å². The molecule has 0 aromatic heterocycles. The molecule has 2 fully saturated rings. The van der Waals surface area contributed by atoms with E-state index < -0.39 is 4.92 Å². The van der Waals surface area contributed by atoms with Crippen molar-refractivity contribution in [1.82, 2.24) is 9.80 Å². The van der Waals surface area contributed by atoms with Gasteiger partial charge in [-0.15, -0.1) is 0 Å². The Bertz CT molecular complexity index is 702. The Morgan fingerprint density at radius 1 is 1.19 bits per heavy atom. The summed E-state index contributed by atoms with van der Waals surface area (Å²) in [5.74, 6) is 0.453. The highest BCUT2D eigenvalue weighted by Crippen LogP contribution is 2.36. The average molecular weight is 359 g/mol. The number of nitro groups is 1. The lowest BCUT2D eigenvalue weighted by Gasteiger charge is -2.42. The van der Waals surface area contributed by atoms with Gasteiger partial charge in [0.05, 0.1) is 23.8 Å². The monoisotopic (exact) mass is 359 g/mol. The van der Waals surface area contributed by atoms with E-state index in [0.29, 0.717) is 11.8 Å². The number of ether oxygens (including phenoxy) is 1. The molecular formula is C18H25N5O3. The molecule has 2 aliphatic rings. The van der Waals surface area contributed by atoms with E-state index in [-0.39, 0.29) is 11.3 Å². The van der Waals surface area contributed by atoms with Crippen molar-refractivity contribution < 1.29 is 9.66 Å². The fraction of sp³-hybridized carbons (Fsp3) is 0.611. The minimum Gasteiger partial charge on any atom is -0.494 e. The number of anilines is 1. The largest absolute Gasteiger partial charge is 0.494 e. The molecular weight excluding hydrogens is 334 g/mol. The van der Waals surface area contributed by atoms with E-state index in [9.17, 15) is 15.4 Å². The van der Waals surface area contributed by atoms with Crippen LogP contribution in [0.3, 0.4) is 0 Å². The summed E-state index contributed by atoms with van der Waals surface area (Å²) in [5.41, 5.74) is 0.638. The van der Waals surface area contributed by atoms with Crippen LogP contribution >= 0.6 is 0 Å². The highest BCUT2D eigenvalue weighted by molar-refractivity contribution is 5.68. The number of piperazine rings is 1. The van der Waals surface area contributed by atoms with Crippen LogP contribution in [0, 0.1) is 21.4 Å². The first kappa shape index (κ1) is 18.4. The molecule has 8 nitrogen and oxygen atoms in total. The third kappa shape index (κ3) is 3.74. The fourth-order valence-corrected chi connectivity index (χ4v) is 3.87. The number of nitro benzene ring substituents is 1. The molecule has 3 rings (SSSR count). The minimum absolute atomic E-state index is 0.0759. The highest BCUT2D eigenvalue weighted by atomic mass is 16.6. The number of rotatable bonds is 4. The Kier molecular flexibility index (Phi) is 5.59. The van der Waals surface area contributed by atoms with E-state index in [0.717, 1.165) is 57.8 Å². The summed E-state index contributed by atoms with van der Waals surface area (Å²) in [6, 6.07) is 5.47. The number of hydrogen-bond donors (Lipinski definition) is 0. The quantitative estimate of drug-likeness (QED) is 0.597. The second-order valence-corrected chi connectivity index (χ2v) is 6.97. The second kappa shape index (κ2) is 7.89. The minimum atomic E-state index is -0.537. The van der Waals surface area contributed by atoms with Gasteiger partial charge in [0.15, 0.2) is 0 Å². The Balaban J connectivity index is 1.73. The van der Waals surface area contributed by atoms with Crippen molar-refractivity contribution in [3.8, 4) is 11.8 Å². The van der Waals surface area contributed by atoms with E-state index >= 15 is 0 Å². The third-order valence-corrected chi connectivity index (χ3v) is 5.47. The third-order valence-electron chi connectivity index (χ3n) is 5.47. The van der Waals surface area contributed by atoms with Gasteiger partial charge in [0.25, 0.3) is 5.69 Å². The number of hydrogen-bond acceptors (Lipinski definition) is 7. The number of nitrogens with zero attached hydrogens (tertiary/aromatic N) is 5. The molecule has 0 radical (unpaired) electrons. The molecule has 2 aliphatic heterocycles. The number of methoxy groups -OCH3 is 1. The molecule has 0 spiro atoms. The molecule has 0 saturated carbocycles. The molecule has 0 amide bonds. The van der Waals surface area contributed by atoms with Gasteiger partial charge in [0, 0.05) is 45.3 Å². The maximum Gasteiger partial charge on any atom is 0.290 e. The van der Waals surface area contributed by atoms with E-state index in [2.05, 4.69) is 21.7 Å². The summed E-state index contributed by atoms with van der Waals surface area (Å²) in [6.07, 6.45) is 2.09. The standard InChI is InChI=1S/C18H25N5O3/c1-20-7-9-21(10-8-20)15-3-5-22(6-4-15)17-11-14(13-19)16(23(24)25)12-18(17)26-2/h11-12,15H,3-10H2,1-2H3. The van der Waals surface area contributed by atoms with Gasteiger partial charge in [-0.25, -0.2) is 0 Å². The molecule has 0 atom stereocenters. The molecule has 1 aromatic carbocycles. The van der Waals surface area contributed by atoms with E-state index in [1.54, 1.807) is 6.07 Å². The van der Waals surface area contributed by atoms with Crippen LogP contribution in [0.1, 0.15) is 18.4 Å². The van der Waals surface area contributed by atoms with Crippen molar-refractivity contribution in [3.05, 3.63) is 27.8 Å². The number of benzene rings is 1. The van der Waals surface area contributed by atoms with Crippen molar-refractivity contribution in [3.63, 3.8) is 0 Å². The lowest BCUT2D eigenvalue weighted by Crippen LogP contribution is -2.52. The van der Waals surface area contributed by atoms with Crippen molar-refractivity contribution >= 4 is 11.4 Å². The van der Waals surface area contributed by atoms with Gasteiger partial charge in [-0.3, -0.25) is 15.0 Å². The highest BCUT2D eigenvalue weighted by Gasteiger charge is 2.29. The Morgan fingerprint density at radius 3 is 2.38 bits per heavy atom. The SMILES string of the molecule is COc1cc([N+](=O)[O-])c(C#N)cc1N1CCC(N2CCN(C)CC2)CC1. The molecule has 26 heavy (non-hydrogen) atoms. The predicted molar refractivity (Wildman–Crippen MR) is 98.7 cm³/mol. The average Bonchev–Trinajstić information content (AvgIpc) is 2.67. The van der Waals surface area contributed by atoms with Gasteiger partial charge in [-0.1, -0.05) is 0 Å². The van der Waals surface area contributed by atoms with Gasteiger partial charge >= 0.3 is 0 Å². The molecule has 0 unspecified atom stereocenters. The van der Waals surface area contributed by atoms with Crippen LogP contribution in [0.2, 0.25) is 0 Å². The Morgan fingerprint density at radius 2 is 1.85 bits per heavy atom.